The highest BCUT2D eigenvalue weighted by atomic mass is 16.5. The van der Waals surface area contributed by atoms with Gasteiger partial charge in [-0.05, 0) is 25.5 Å². The fourth-order valence-corrected chi connectivity index (χ4v) is 1.08. The molecule has 0 aliphatic heterocycles. The van der Waals surface area contributed by atoms with Gasteiger partial charge in [-0.15, -0.1) is 0 Å². The van der Waals surface area contributed by atoms with Crippen LogP contribution in [0, 0.1) is 0 Å². The van der Waals surface area contributed by atoms with Crippen LogP contribution in [0.5, 0.6) is 0 Å². The standard InChI is InChI=1S/C9H14O2/c1-3-8(10-4-2)9-6-5-7-11-9/h5-8H,3-4H2,1-2H3. The summed E-state index contributed by atoms with van der Waals surface area (Å²) in [5.41, 5.74) is 0. The molecule has 1 rings (SSSR count). The number of rotatable bonds is 4. The minimum atomic E-state index is 0.134. The van der Waals surface area contributed by atoms with E-state index in [1.54, 1.807) is 6.26 Å². The molecule has 0 N–H and O–H groups in total. The number of hydrogen-bond acceptors (Lipinski definition) is 2. The molecule has 1 atom stereocenters. The van der Waals surface area contributed by atoms with E-state index in [2.05, 4.69) is 6.92 Å². The second kappa shape index (κ2) is 4.19. The van der Waals surface area contributed by atoms with Crippen molar-refractivity contribution in [3.8, 4) is 0 Å². The van der Waals surface area contributed by atoms with E-state index >= 15 is 0 Å². The van der Waals surface area contributed by atoms with Gasteiger partial charge in [0.05, 0.1) is 6.26 Å². The Balaban J connectivity index is 2.56. The van der Waals surface area contributed by atoms with Crippen molar-refractivity contribution in [2.24, 2.45) is 0 Å². The number of ether oxygens (including phenoxy) is 1. The van der Waals surface area contributed by atoms with E-state index in [9.17, 15) is 0 Å². The lowest BCUT2D eigenvalue weighted by atomic mass is 10.2. The lowest BCUT2D eigenvalue weighted by Gasteiger charge is -2.10. The van der Waals surface area contributed by atoms with E-state index in [4.69, 9.17) is 9.15 Å². The largest absolute Gasteiger partial charge is 0.467 e. The molecule has 0 radical (unpaired) electrons. The maximum Gasteiger partial charge on any atom is 0.132 e. The first-order valence-electron chi connectivity index (χ1n) is 4.03. The molecule has 1 heterocycles. The summed E-state index contributed by atoms with van der Waals surface area (Å²) >= 11 is 0. The summed E-state index contributed by atoms with van der Waals surface area (Å²) in [6, 6.07) is 3.83. The monoisotopic (exact) mass is 154 g/mol. The highest BCUT2D eigenvalue weighted by molar-refractivity contribution is 5.01. The topological polar surface area (TPSA) is 22.4 Å². The fraction of sp³-hybridized carbons (Fsp3) is 0.556. The second-order valence-corrected chi connectivity index (χ2v) is 2.37. The van der Waals surface area contributed by atoms with Gasteiger partial charge in [-0.1, -0.05) is 6.92 Å². The minimum absolute atomic E-state index is 0.134. The molecule has 0 saturated carbocycles. The Kier molecular flexibility index (Phi) is 3.17. The molecular formula is C9H14O2. The molecule has 1 aromatic rings. The summed E-state index contributed by atoms with van der Waals surface area (Å²) in [6.07, 6.45) is 2.77. The van der Waals surface area contributed by atoms with E-state index in [0.29, 0.717) is 0 Å². The predicted molar refractivity (Wildman–Crippen MR) is 43.4 cm³/mol. The molecule has 62 valence electrons. The Morgan fingerprint density at radius 1 is 1.55 bits per heavy atom. The first-order valence-corrected chi connectivity index (χ1v) is 4.03. The molecule has 11 heavy (non-hydrogen) atoms. The Morgan fingerprint density at radius 3 is 2.82 bits per heavy atom. The van der Waals surface area contributed by atoms with Crippen LogP contribution in [-0.2, 0) is 4.74 Å². The SMILES string of the molecule is CCOC(CC)c1ccco1. The van der Waals surface area contributed by atoms with Gasteiger partial charge in [0.15, 0.2) is 0 Å². The van der Waals surface area contributed by atoms with Crippen molar-refractivity contribution in [1.82, 2.24) is 0 Å². The van der Waals surface area contributed by atoms with Crippen LogP contribution in [0.25, 0.3) is 0 Å². The van der Waals surface area contributed by atoms with Crippen molar-refractivity contribution in [1.29, 1.82) is 0 Å². The van der Waals surface area contributed by atoms with E-state index in [1.165, 1.54) is 0 Å². The van der Waals surface area contributed by atoms with Gasteiger partial charge in [-0.25, -0.2) is 0 Å². The molecular weight excluding hydrogens is 140 g/mol. The lowest BCUT2D eigenvalue weighted by Crippen LogP contribution is -2.00. The van der Waals surface area contributed by atoms with Crippen LogP contribution >= 0.6 is 0 Å². The van der Waals surface area contributed by atoms with Crippen LogP contribution < -0.4 is 0 Å². The Labute approximate surface area is 67.2 Å². The van der Waals surface area contributed by atoms with Crippen molar-refractivity contribution in [3.63, 3.8) is 0 Å². The van der Waals surface area contributed by atoms with Crippen LogP contribution in [-0.4, -0.2) is 6.61 Å². The van der Waals surface area contributed by atoms with Crippen LogP contribution in [0.1, 0.15) is 32.1 Å². The Morgan fingerprint density at radius 2 is 2.36 bits per heavy atom. The van der Waals surface area contributed by atoms with E-state index in [1.807, 2.05) is 19.1 Å². The van der Waals surface area contributed by atoms with Crippen LogP contribution in [0.15, 0.2) is 22.8 Å². The molecule has 0 fully saturated rings. The highest BCUT2D eigenvalue weighted by Gasteiger charge is 2.10. The van der Waals surface area contributed by atoms with Crippen molar-refractivity contribution < 1.29 is 9.15 Å². The van der Waals surface area contributed by atoms with E-state index in [-0.39, 0.29) is 6.10 Å². The lowest BCUT2D eigenvalue weighted by molar-refractivity contribution is 0.0441. The zero-order chi connectivity index (χ0) is 8.10. The van der Waals surface area contributed by atoms with Crippen LogP contribution in [0.3, 0.4) is 0 Å². The third kappa shape index (κ3) is 2.09. The van der Waals surface area contributed by atoms with Crippen LogP contribution in [0.2, 0.25) is 0 Å². The van der Waals surface area contributed by atoms with E-state index < -0.39 is 0 Å². The third-order valence-corrected chi connectivity index (χ3v) is 1.60. The number of hydrogen-bond donors (Lipinski definition) is 0. The maximum absolute atomic E-state index is 5.44. The number of furan rings is 1. The molecule has 0 saturated heterocycles. The Hall–Kier alpha value is -0.760. The fourth-order valence-electron chi connectivity index (χ4n) is 1.08. The highest BCUT2D eigenvalue weighted by Crippen LogP contribution is 2.20. The van der Waals surface area contributed by atoms with Gasteiger partial charge in [0, 0.05) is 6.61 Å². The molecule has 2 heteroatoms. The zero-order valence-electron chi connectivity index (χ0n) is 7.04. The second-order valence-electron chi connectivity index (χ2n) is 2.37. The van der Waals surface area contributed by atoms with Gasteiger partial charge in [0.25, 0.3) is 0 Å². The summed E-state index contributed by atoms with van der Waals surface area (Å²) in [5, 5.41) is 0. The van der Waals surface area contributed by atoms with Crippen molar-refractivity contribution >= 4 is 0 Å². The first kappa shape index (κ1) is 8.34. The third-order valence-electron chi connectivity index (χ3n) is 1.60. The van der Waals surface area contributed by atoms with Gasteiger partial charge < -0.3 is 9.15 Å². The summed E-state index contributed by atoms with van der Waals surface area (Å²) in [5.74, 6) is 0.925. The average Bonchev–Trinajstić information content (AvgIpc) is 2.52. The van der Waals surface area contributed by atoms with Gasteiger partial charge >= 0.3 is 0 Å². The normalized spacial score (nSPS) is 13.3. The first-order chi connectivity index (χ1) is 5.38. The van der Waals surface area contributed by atoms with E-state index in [0.717, 1.165) is 18.8 Å². The van der Waals surface area contributed by atoms with Gasteiger partial charge in [0.2, 0.25) is 0 Å². The average molecular weight is 154 g/mol. The molecule has 0 amide bonds. The zero-order valence-corrected chi connectivity index (χ0v) is 7.04. The molecule has 0 aliphatic rings. The molecule has 1 aromatic heterocycles. The Bertz CT molecular complexity index is 179. The van der Waals surface area contributed by atoms with Gasteiger partial charge in [-0.2, -0.15) is 0 Å². The maximum atomic E-state index is 5.44. The smallest absolute Gasteiger partial charge is 0.132 e. The molecule has 2 nitrogen and oxygen atoms in total. The van der Waals surface area contributed by atoms with Crippen molar-refractivity contribution in [3.05, 3.63) is 24.2 Å². The van der Waals surface area contributed by atoms with Gasteiger partial charge in [-0.3, -0.25) is 0 Å². The molecule has 0 aliphatic carbocycles. The molecule has 0 bridgehead atoms. The summed E-state index contributed by atoms with van der Waals surface area (Å²) in [7, 11) is 0. The van der Waals surface area contributed by atoms with Crippen molar-refractivity contribution in [2.45, 2.75) is 26.4 Å². The van der Waals surface area contributed by atoms with Crippen LogP contribution in [0.4, 0.5) is 0 Å². The summed E-state index contributed by atoms with van der Waals surface area (Å²) in [6.45, 7) is 4.81. The molecule has 0 spiro atoms. The van der Waals surface area contributed by atoms with Gasteiger partial charge in [0.1, 0.15) is 11.9 Å². The minimum Gasteiger partial charge on any atom is -0.467 e. The molecule has 0 aromatic carbocycles. The summed E-state index contributed by atoms with van der Waals surface area (Å²) in [4.78, 5) is 0. The van der Waals surface area contributed by atoms with Crippen molar-refractivity contribution in [2.75, 3.05) is 6.61 Å². The predicted octanol–water partition coefficient (Wildman–Crippen LogP) is 2.77. The quantitative estimate of drug-likeness (QED) is 0.665. The molecule has 1 unspecified atom stereocenters. The summed E-state index contributed by atoms with van der Waals surface area (Å²) < 4.78 is 10.7.